The summed E-state index contributed by atoms with van der Waals surface area (Å²) in [5, 5.41) is 21.2. The van der Waals surface area contributed by atoms with Gasteiger partial charge < -0.3 is 14.9 Å². The first-order valence-electron chi connectivity index (χ1n) is 10.5. The van der Waals surface area contributed by atoms with Gasteiger partial charge >= 0.3 is 0 Å². The van der Waals surface area contributed by atoms with Crippen LogP contribution in [0.25, 0.3) is 5.76 Å². The molecule has 0 aliphatic carbocycles. The molecule has 2 N–H and O–H groups in total. The highest BCUT2D eigenvalue weighted by molar-refractivity contribution is 6.51. The zero-order chi connectivity index (χ0) is 24.6. The number of aromatic hydroxyl groups is 1. The molecule has 6 nitrogen and oxygen atoms in total. The van der Waals surface area contributed by atoms with Gasteiger partial charge in [0.25, 0.3) is 11.7 Å². The van der Waals surface area contributed by atoms with Crippen molar-refractivity contribution in [2.75, 3.05) is 11.5 Å². The summed E-state index contributed by atoms with van der Waals surface area (Å²) in [6, 6.07) is 11.8. The Kier molecular flexibility index (Phi) is 6.06. The number of phenolic OH excluding ortho intramolecular Hbond substituents is 1. The van der Waals surface area contributed by atoms with Crippen molar-refractivity contribution in [2.45, 2.75) is 19.9 Å². The fraction of sp³-hybridized carbons (Fsp3) is 0.154. The average molecular weight is 465 g/mol. The summed E-state index contributed by atoms with van der Waals surface area (Å²) in [6.45, 7) is 4.04. The minimum absolute atomic E-state index is 0.153. The number of aliphatic hydroxyl groups excluding tert-OH is 1. The van der Waals surface area contributed by atoms with Gasteiger partial charge in [0.1, 0.15) is 28.9 Å². The molecule has 0 bridgehead atoms. The highest BCUT2D eigenvalue weighted by Gasteiger charge is 2.47. The van der Waals surface area contributed by atoms with Crippen LogP contribution >= 0.6 is 0 Å². The zero-order valence-corrected chi connectivity index (χ0v) is 18.4. The molecule has 1 fully saturated rings. The molecule has 1 aliphatic heterocycles. The number of carbonyl (C=O) groups is 2. The van der Waals surface area contributed by atoms with Crippen LogP contribution in [-0.4, -0.2) is 28.5 Å². The van der Waals surface area contributed by atoms with E-state index >= 15 is 0 Å². The Morgan fingerprint density at radius 2 is 1.82 bits per heavy atom. The van der Waals surface area contributed by atoms with Gasteiger partial charge in [0.15, 0.2) is 0 Å². The molecule has 0 saturated carbocycles. The van der Waals surface area contributed by atoms with Crippen molar-refractivity contribution >= 4 is 23.1 Å². The number of ketones is 1. The predicted octanol–water partition coefficient (Wildman–Crippen LogP) is 5.00. The van der Waals surface area contributed by atoms with Gasteiger partial charge in [-0.05, 0) is 67.4 Å². The van der Waals surface area contributed by atoms with Gasteiger partial charge in [0, 0.05) is 11.6 Å². The number of hydrogen-bond donors (Lipinski definition) is 2. The Morgan fingerprint density at radius 1 is 1.06 bits per heavy atom. The standard InChI is InChI=1S/C26H21F2NO5/c1-3-34-21-10-7-16(11-14(21)2)24(31)22-23(15-5-4-6-18(30)12-15)29(26(33)25(22)32)20-9-8-17(27)13-19(20)28/h4-13,23,30-31H,3H2,1-2H3/b24-22+. The number of phenols is 1. The van der Waals surface area contributed by atoms with Crippen LogP contribution in [0.3, 0.4) is 0 Å². The number of amides is 1. The third-order valence-corrected chi connectivity index (χ3v) is 5.55. The second-order valence-corrected chi connectivity index (χ2v) is 7.77. The van der Waals surface area contributed by atoms with E-state index in [-0.39, 0.29) is 28.1 Å². The maximum absolute atomic E-state index is 14.7. The molecule has 1 saturated heterocycles. The zero-order valence-electron chi connectivity index (χ0n) is 18.4. The first-order valence-corrected chi connectivity index (χ1v) is 10.5. The fourth-order valence-electron chi connectivity index (χ4n) is 4.04. The molecular formula is C26H21F2NO5. The number of halogens is 2. The lowest BCUT2D eigenvalue weighted by atomic mass is 9.94. The number of anilines is 1. The van der Waals surface area contributed by atoms with Crippen LogP contribution < -0.4 is 9.64 Å². The molecule has 1 heterocycles. The second-order valence-electron chi connectivity index (χ2n) is 7.77. The molecule has 0 radical (unpaired) electrons. The maximum Gasteiger partial charge on any atom is 0.300 e. The van der Waals surface area contributed by atoms with Crippen LogP contribution in [0.2, 0.25) is 0 Å². The van der Waals surface area contributed by atoms with E-state index in [0.717, 1.165) is 17.0 Å². The van der Waals surface area contributed by atoms with Crippen molar-refractivity contribution in [3.05, 3.63) is 94.6 Å². The topological polar surface area (TPSA) is 87.1 Å². The normalized spacial score (nSPS) is 17.3. The Labute approximate surface area is 194 Å². The molecule has 34 heavy (non-hydrogen) atoms. The molecule has 8 heteroatoms. The fourth-order valence-corrected chi connectivity index (χ4v) is 4.04. The van der Waals surface area contributed by atoms with Gasteiger partial charge in [-0.2, -0.15) is 0 Å². The molecule has 4 rings (SSSR count). The predicted molar refractivity (Wildman–Crippen MR) is 122 cm³/mol. The number of hydrogen-bond acceptors (Lipinski definition) is 5. The van der Waals surface area contributed by atoms with E-state index in [1.165, 1.54) is 24.3 Å². The number of benzene rings is 3. The number of aryl methyl sites for hydroxylation is 1. The Hall–Kier alpha value is -4.20. The van der Waals surface area contributed by atoms with Gasteiger partial charge in [-0.25, -0.2) is 8.78 Å². The van der Waals surface area contributed by atoms with E-state index < -0.39 is 35.1 Å². The first kappa shape index (κ1) is 23.0. The summed E-state index contributed by atoms with van der Waals surface area (Å²) in [4.78, 5) is 27.0. The lowest BCUT2D eigenvalue weighted by Gasteiger charge is -2.26. The summed E-state index contributed by atoms with van der Waals surface area (Å²) in [5.41, 5.74) is 0.580. The lowest BCUT2D eigenvalue weighted by Crippen LogP contribution is -2.30. The molecule has 1 aliphatic rings. The third kappa shape index (κ3) is 3.98. The lowest BCUT2D eigenvalue weighted by molar-refractivity contribution is -0.132. The van der Waals surface area contributed by atoms with Gasteiger partial charge in [0.2, 0.25) is 0 Å². The number of aliphatic hydroxyl groups is 1. The minimum atomic E-state index is -1.26. The second kappa shape index (κ2) is 8.97. The summed E-state index contributed by atoms with van der Waals surface area (Å²) in [7, 11) is 0. The number of carbonyl (C=O) groups excluding carboxylic acids is 2. The highest BCUT2D eigenvalue weighted by atomic mass is 19.1. The summed E-state index contributed by atoms with van der Waals surface area (Å²) in [6.07, 6.45) is 0. The number of nitrogens with zero attached hydrogens (tertiary/aromatic N) is 1. The van der Waals surface area contributed by atoms with Gasteiger partial charge in [-0.1, -0.05) is 12.1 Å². The van der Waals surface area contributed by atoms with Crippen molar-refractivity contribution in [1.29, 1.82) is 0 Å². The Morgan fingerprint density at radius 3 is 2.47 bits per heavy atom. The Bertz CT molecular complexity index is 1330. The third-order valence-electron chi connectivity index (χ3n) is 5.55. The molecule has 1 atom stereocenters. The number of rotatable bonds is 5. The molecule has 3 aromatic rings. The monoisotopic (exact) mass is 465 g/mol. The number of Topliss-reactive ketones (excluding diaryl/α,β-unsaturated/α-hetero) is 1. The van der Waals surface area contributed by atoms with Crippen LogP contribution in [0.5, 0.6) is 11.5 Å². The van der Waals surface area contributed by atoms with Crippen molar-refractivity contribution in [3.63, 3.8) is 0 Å². The van der Waals surface area contributed by atoms with Crippen molar-refractivity contribution in [1.82, 2.24) is 0 Å². The van der Waals surface area contributed by atoms with E-state index in [0.29, 0.717) is 24.0 Å². The average Bonchev–Trinajstić information content (AvgIpc) is 3.05. The van der Waals surface area contributed by atoms with Crippen LogP contribution in [0.4, 0.5) is 14.5 Å². The van der Waals surface area contributed by atoms with Crippen LogP contribution in [0.1, 0.15) is 29.7 Å². The number of ether oxygens (including phenoxy) is 1. The summed E-state index contributed by atoms with van der Waals surface area (Å²) >= 11 is 0. The molecule has 0 aromatic heterocycles. The minimum Gasteiger partial charge on any atom is -0.508 e. The van der Waals surface area contributed by atoms with E-state index in [1.54, 1.807) is 25.1 Å². The van der Waals surface area contributed by atoms with Crippen molar-refractivity contribution in [2.24, 2.45) is 0 Å². The molecular weight excluding hydrogens is 444 g/mol. The van der Waals surface area contributed by atoms with E-state index in [1.807, 2.05) is 6.92 Å². The van der Waals surface area contributed by atoms with Gasteiger partial charge in [0.05, 0.1) is 23.9 Å². The smallest absolute Gasteiger partial charge is 0.300 e. The molecule has 0 spiro atoms. The summed E-state index contributed by atoms with van der Waals surface area (Å²) in [5.74, 6) is -4.07. The SMILES string of the molecule is CCOc1ccc(/C(O)=C2\C(=O)C(=O)N(c3ccc(F)cc3F)C2c2cccc(O)c2)cc1C. The molecule has 1 unspecified atom stereocenters. The highest BCUT2D eigenvalue weighted by Crippen LogP contribution is 2.43. The van der Waals surface area contributed by atoms with E-state index in [4.69, 9.17) is 4.74 Å². The molecule has 1 amide bonds. The largest absolute Gasteiger partial charge is 0.508 e. The van der Waals surface area contributed by atoms with Gasteiger partial charge in [-0.15, -0.1) is 0 Å². The first-order chi connectivity index (χ1) is 16.2. The van der Waals surface area contributed by atoms with E-state index in [2.05, 4.69) is 0 Å². The van der Waals surface area contributed by atoms with Crippen molar-refractivity contribution in [3.8, 4) is 11.5 Å². The van der Waals surface area contributed by atoms with Gasteiger partial charge in [-0.3, -0.25) is 14.5 Å². The molecule has 174 valence electrons. The van der Waals surface area contributed by atoms with E-state index in [9.17, 15) is 28.6 Å². The quantitative estimate of drug-likeness (QED) is 0.315. The van der Waals surface area contributed by atoms with Crippen molar-refractivity contribution < 1.29 is 33.3 Å². The van der Waals surface area contributed by atoms with Crippen LogP contribution in [0, 0.1) is 18.6 Å². The molecule has 3 aromatic carbocycles. The summed E-state index contributed by atoms with van der Waals surface area (Å²) < 4.78 is 33.7. The van der Waals surface area contributed by atoms with Crippen LogP contribution in [0.15, 0.2) is 66.2 Å². The Balaban J connectivity index is 1.94. The maximum atomic E-state index is 14.7. The van der Waals surface area contributed by atoms with Crippen LogP contribution in [-0.2, 0) is 9.59 Å².